The van der Waals surface area contributed by atoms with Crippen LogP contribution in [-0.4, -0.2) is 24.6 Å². The Morgan fingerprint density at radius 1 is 1.24 bits per heavy atom. The standard InChI is InChI=1S/C23H23FN2O3/c1-4-16-8-13-19-20(15-16)25-23(2,14-6-5-7-21(27)29-3)26(22(19)28)18-11-9-17(24)10-12-18/h1,8-13,15,25H,5-7,14H2,2-3H3. The van der Waals surface area contributed by atoms with Gasteiger partial charge >= 0.3 is 5.97 Å². The van der Waals surface area contributed by atoms with Crippen molar-refractivity contribution in [2.45, 2.75) is 38.3 Å². The molecule has 0 radical (unpaired) electrons. The Morgan fingerprint density at radius 3 is 2.62 bits per heavy atom. The van der Waals surface area contributed by atoms with Crippen molar-refractivity contribution in [1.82, 2.24) is 0 Å². The lowest BCUT2D eigenvalue weighted by atomic mass is 9.93. The number of carbonyl (C=O) groups is 2. The fourth-order valence-corrected chi connectivity index (χ4v) is 3.62. The molecule has 2 aromatic carbocycles. The van der Waals surface area contributed by atoms with E-state index in [9.17, 15) is 14.0 Å². The van der Waals surface area contributed by atoms with Crippen LogP contribution in [0.25, 0.3) is 0 Å². The van der Waals surface area contributed by atoms with Crippen molar-refractivity contribution < 1.29 is 18.7 Å². The zero-order valence-corrected chi connectivity index (χ0v) is 16.5. The number of rotatable bonds is 6. The molecule has 0 saturated carbocycles. The molecule has 1 unspecified atom stereocenters. The first-order valence-electron chi connectivity index (χ1n) is 9.44. The van der Waals surface area contributed by atoms with Gasteiger partial charge in [0.1, 0.15) is 11.5 Å². The summed E-state index contributed by atoms with van der Waals surface area (Å²) in [4.78, 5) is 26.4. The normalized spacial score (nSPS) is 17.9. The fraction of sp³-hybridized carbons (Fsp3) is 0.304. The molecule has 0 fully saturated rings. The van der Waals surface area contributed by atoms with Crippen molar-refractivity contribution in [3.63, 3.8) is 0 Å². The Morgan fingerprint density at radius 2 is 1.97 bits per heavy atom. The number of terminal acetylenes is 1. The van der Waals surface area contributed by atoms with Crippen LogP contribution in [0.5, 0.6) is 0 Å². The number of hydrogen-bond acceptors (Lipinski definition) is 4. The minimum atomic E-state index is -0.773. The SMILES string of the molecule is C#Cc1ccc2c(c1)NC(C)(CCCCC(=O)OC)N(c1ccc(F)cc1)C2=O. The molecule has 0 aromatic heterocycles. The molecule has 1 amide bonds. The highest BCUT2D eigenvalue weighted by molar-refractivity contribution is 6.12. The van der Waals surface area contributed by atoms with E-state index in [1.165, 1.54) is 19.2 Å². The average Bonchev–Trinajstić information content (AvgIpc) is 2.72. The second kappa shape index (κ2) is 8.36. The average molecular weight is 394 g/mol. The quantitative estimate of drug-likeness (QED) is 0.450. The molecule has 6 heteroatoms. The number of benzene rings is 2. The second-order valence-corrected chi connectivity index (χ2v) is 7.20. The molecule has 0 bridgehead atoms. The number of anilines is 2. The van der Waals surface area contributed by atoms with Gasteiger partial charge in [-0.05, 0) is 68.7 Å². The number of halogens is 1. The van der Waals surface area contributed by atoms with Gasteiger partial charge in [0, 0.05) is 23.4 Å². The minimum absolute atomic E-state index is 0.190. The molecule has 0 spiro atoms. The smallest absolute Gasteiger partial charge is 0.305 e. The summed E-state index contributed by atoms with van der Waals surface area (Å²) in [7, 11) is 1.36. The molecule has 0 aliphatic carbocycles. The van der Waals surface area contributed by atoms with E-state index in [0.29, 0.717) is 48.2 Å². The van der Waals surface area contributed by atoms with Crippen molar-refractivity contribution in [3.05, 3.63) is 59.4 Å². The number of methoxy groups -OCH3 is 1. The molecular weight excluding hydrogens is 371 g/mol. The molecule has 5 nitrogen and oxygen atoms in total. The Kier molecular flexibility index (Phi) is 5.88. The van der Waals surface area contributed by atoms with Gasteiger partial charge in [0.25, 0.3) is 5.91 Å². The molecule has 1 atom stereocenters. The first-order chi connectivity index (χ1) is 13.9. The van der Waals surface area contributed by atoms with Crippen LogP contribution in [0, 0.1) is 18.2 Å². The third-order valence-corrected chi connectivity index (χ3v) is 5.12. The van der Waals surface area contributed by atoms with Crippen LogP contribution >= 0.6 is 0 Å². The first-order valence-corrected chi connectivity index (χ1v) is 9.44. The maximum Gasteiger partial charge on any atom is 0.305 e. The van der Waals surface area contributed by atoms with Gasteiger partial charge in [-0.3, -0.25) is 14.5 Å². The number of fused-ring (bicyclic) bond motifs is 1. The maximum absolute atomic E-state index is 13.4. The van der Waals surface area contributed by atoms with Gasteiger partial charge in [0.15, 0.2) is 0 Å². The van der Waals surface area contributed by atoms with Crippen LogP contribution in [0.2, 0.25) is 0 Å². The van der Waals surface area contributed by atoms with E-state index in [4.69, 9.17) is 6.42 Å². The van der Waals surface area contributed by atoms with E-state index in [1.807, 2.05) is 6.92 Å². The number of esters is 1. The van der Waals surface area contributed by atoms with Gasteiger partial charge < -0.3 is 10.1 Å². The number of carbonyl (C=O) groups excluding carboxylic acids is 2. The molecular formula is C23H23FN2O3. The predicted octanol–water partition coefficient (Wildman–Crippen LogP) is 4.33. The Hall–Kier alpha value is -3.33. The summed E-state index contributed by atoms with van der Waals surface area (Å²) in [6, 6.07) is 11.0. The van der Waals surface area contributed by atoms with E-state index in [1.54, 1.807) is 35.2 Å². The van der Waals surface area contributed by atoms with E-state index in [0.717, 1.165) is 0 Å². The summed E-state index contributed by atoms with van der Waals surface area (Å²) in [5, 5.41) is 3.44. The lowest BCUT2D eigenvalue weighted by molar-refractivity contribution is -0.140. The third kappa shape index (κ3) is 4.24. The molecule has 0 saturated heterocycles. The van der Waals surface area contributed by atoms with Crippen molar-refractivity contribution in [3.8, 4) is 12.3 Å². The summed E-state index contributed by atoms with van der Waals surface area (Å²) >= 11 is 0. The monoisotopic (exact) mass is 394 g/mol. The van der Waals surface area contributed by atoms with Crippen molar-refractivity contribution in [2.75, 3.05) is 17.3 Å². The lowest BCUT2D eigenvalue weighted by Crippen LogP contribution is -2.58. The summed E-state index contributed by atoms with van der Waals surface area (Å²) < 4.78 is 18.1. The largest absolute Gasteiger partial charge is 0.469 e. The summed E-state index contributed by atoms with van der Waals surface area (Å²) in [6.07, 6.45) is 7.72. The Labute approximate surface area is 169 Å². The summed E-state index contributed by atoms with van der Waals surface area (Å²) in [6.45, 7) is 1.91. The lowest BCUT2D eigenvalue weighted by Gasteiger charge is -2.46. The molecule has 2 aromatic rings. The molecule has 1 aliphatic heterocycles. The number of nitrogens with one attached hydrogen (secondary N) is 1. The van der Waals surface area contributed by atoms with Crippen LogP contribution < -0.4 is 10.2 Å². The zero-order chi connectivity index (χ0) is 21.0. The van der Waals surface area contributed by atoms with Gasteiger partial charge in [-0.1, -0.05) is 5.92 Å². The molecule has 29 heavy (non-hydrogen) atoms. The summed E-state index contributed by atoms with van der Waals surface area (Å²) in [5.41, 5.74) is 1.66. The highest BCUT2D eigenvalue weighted by Gasteiger charge is 2.41. The molecule has 1 N–H and O–H groups in total. The van der Waals surface area contributed by atoms with Gasteiger partial charge in [-0.15, -0.1) is 6.42 Å². The van der Waals surface area contributed by atoms with Crippen molar-refractivity contribution in [2.24, 2.45) is 0 Å². The number of hydrogen-bond donors (Lipinski definition) is 1. The molecule has 150 valence electrons. The van der Waals surface area contributed by atoms with Crippen LogP contribution in [0.15, 0.2) is 42.5 Å². The Balaban J connectivity index is 1.94. The zero-order valence-electron chi connectivity index (χ0n) is 16.5. The van der Waals surface area contributed by atoms with Crippen LogP contribution in [-0.2, 0) is 9.53 Å². The molecule has 1 heterocycles. The van der Waals surface area contributed by atoms with Crippen LogP contribution in [0.1, 0.15) is 48.5 Å². The highest BCUT2D eigenvalue weighted by atomic mass is 19.1. The van der Waals surface area contributed by atoms with Crippen molar-refractivity contribution in [1.29, 1.82) is 0 Å². The third-order valence-electron chi connectivity index (χ3n) is 5.12. The number of nitrogens with zero attached hydrogens (tertiary/aromatic N) is 1. The first kappa shape index (κ1) is 20.4. The topological polar surface area (TPSA) is 58.6 Å². The summed E-state index contributed by atoms with van der Waals surface area (Å²) in [5.74, 6) is 1.76. The number of ether oxygens (including phenoxy) is 1. The van der Waals surface area contributed by atoms with Gasteiger partial charge in [-0.2, -0.15) is 0 Å². The number of amides is 1. The fourth-order valence-electron chi connectivity index (χ4n) is 3.62. The van der Waals surface area contributed by atoms with Crippen molar-refractivity contribution >= 4 is 23.3 Å². The molecule has 3 rings (SSSR count). The van der Waals surface area contributed by atoms with E-state index in [2.05, 4.69) is 16.0 Å². The highest BCUT2D eigenvalue weighted by Crippen LogP contribution is 2.38. The minimum Gasteiger partial charge on any atom is -0.469 e. The van der Waals surface area contributed by atoms with Crippen LogP contribution in [0.4, 0.5) is 15.8 Å². The van der Waals surface area contributed by atoms with Gasteiger partial charge in [-0.25, -0.2) is 4.39 Å². The van der Waals surface area contributed by atoms with Gasteiger partial charge in [0.2, 0.25) is 0 Å². The van der Waals surface area contributed by atoms with E-state index < -0.39 is 5.66 Å². The van der Waals surface area contributed by atoms with Crippen LogP contribution in [0.3, 0.4) is 0 Å². The number of unbranched alkanes of at least 4 members (excludes halogenated alkanes) is 1. The van der Waals surface area contributed by atoms with E-state index >= 15 is 0 Å². The predicted molar refractivity (Wildman–Crippen MR) is 110 cm³/mol. The molecule has 1 aliphatic rings. The second-order valence-electron chi connectivity index (χ2n) is 7.20. The van der Waals surface area contributed by atoms with Gasteiger partial charge in [0.05, 0.1) is 12.7 Å². The van der Waals surface area contributed by atoms with E-state index in [-0.39, 0.29) is 17.7 Å². The Bertz CT molecular complexity index is 965. The maximum atomic E-state index is 13.4.